The number of hydrogen-bond acceptors (Lipinski definition) is 5. The van der Waals surface area contributed by atoms with Crippen molar-refractivity contribution in [3.8, 4) is 0 Å². The van der Waals surface area contributed by atoms with E-state index in [1.165, 1.54) is 23.8 Å². The van der Waals surface area contributed by atoms with Crippen molar-refractivity contribution < 1.29 is 18.4 Å². The van der Waals surface area contributed by atoms with Crippen molar-refractivity contribution in [3.05, 3.63) is 51.5 Å². The van der Waals surface area contributed by atoms with Crippen LogP contribution in [0.5, 0.6) is 0 Å². The number of benzene rings is 1. The first-order valence-corrected chi connectivity index (χ1v) is 5.42. The molecule has 0 aliphatic heterocycles. The van der Waals surface area contributed by atoms with E-state index in [0.717, 1.165) is 6.07 Å². The molecule has 19 heavy (non-hydrogen) atoms. The van der Waals surface area contributed by atoms with Crippen LogP contribution in [0.3, 0.4) is 0 Å². The number of halogens is 1. The van der Waals surface area contributed by atoms with Crippen molar-refractivity contribution in [2.24, 2.45) is 0 Å². The largest absolute Gasteiger partial charge is 0.465 e. The Bertz CT molecular complexity index is 675. The van der Waals surface area contributed by atoms with Crippen LogP contribution in [0.1, 0.15) is 21.7 Å². The zero-order valence-corrected chi connectivity index (χ0v) is 10.3. The van der Waals surface area contributed by atoms with Gasteiger partial charge in [0.2, 0.25) is 0 Å². The van der Waals surface area contributed by atoms with E-state index in [9.17, 15) is 14.0 Å². The Balaban J connectivity index is 2.46. The van der Waals surface area contributed by atoms with Gasteiger partial charge in [-0.1, -0.05) is 11.2 Å². The summed E-state index contributed by atoms with van der Waals surface area (Å²) in [6, 6.07) is 3.69. The van der Waals surface area contributed by atoms with Gasteiger partial charge in [0.15, 0.2) is 5.82 Å². The average molecular weight is 266 g/mol. The van der Waals surface area contributed by atoms with Gasteiger partial charge in [0.1, 0.15) is 5.82 Å². The van der Waals surface area contributed by atoms with E-state index < -0.39 is 17.5 Å². The van der Waals surface area contributed by atoms with Crippen molar-refractivity contribution in [2.45, 2.75) is 13.5 Å². The highest BCUT2D eigenvalue weighted by Gasteiger charge is 2.15. The molecule has 0 unspecified atom stereocenters. The van der Waals surface area contributed by atoms with E-state index in [2.05, 4.69) is 14.4 Å². The molecule has 6 nitrogen and oxygen atoms in total. The molecule has 1 aromatic heterocycles. The molecule has 0 N–H and O–H groups in total. The number of methoxy groups -OCH3 is 1. The highest BCUT2D eigenvalue weighted by Crippen LogP contribution is 2.14. The number of ether oxygens (including phenoxy) is 1. The van der Waals surface area contributed by atoms with Crippen LogP contribution in [0.4, 0.5) is 4.39 Å². The molecule has 1 heterocycles. The number of aromatic nitrogens is 2. The highest BCUT2D eigenvalue weighted by atomic mass is 19.1. The van der Waals surface area contributed by atoms with Gasteiger partial charge in [-0.15, -0.1) is 0 Å². The third-order valence-corrected chi connectivity index (χ3v) is 2.67. The summed E-state index contributed by atoms with van der Waals surface area (Å²) < 4.78 is 23.5. The molecule has 0 radical (unpaired) electrons. The van der Waals surface area contributed by atoms with Crippen LogP contribution in [0, 0.1) is 12.7 Å². The van der Waals surface area contributed by atoms with Gasteiger partial charge in [0, 0.05) is 0 Å². The quantitative estimate of drug-likeness (QED) is 0.778. The summed E-state index contributed by atoms with van der Waals surface area (Å²) in [5.74, 6) is -1.50. The molecule has 0 bridgehead atoms. The third-order valence-electron chi connectivity index (χ3n) is 2.67. The number of carbonyl (C=O) groups excluding carboxylic acids is 1. The van der Waals surface area contributed by atoms with Crippen LogP contribution in [0.15, 0.2) is 27.5 Å². The van der Waals surface area contributed by atoms with Crippen LogP contribution in [0.2, 0.25) is 0 Å². The van der Waals surface area contributed by atoms with Crippen molar-refractivity contribution >= 4 is 5.97 Å². The van der Waals surface area contributed by atoms with Gasteiger partial charge in [-0.25, -0.2) is 14.0 Å². The fourth-order valence-electron chi connectivity index (χ4n) is 1.67. The Kier molecular flexibility index (Phi) is 3.46. The first-order chi connectivity index (χ1) is 9.02. The number of aryl methyl sites for hydroxylation is 1. The lowest BCUT2D eigenvalue weighted by molar-refractivity contribution is 0.0598. The second kappa shape index (κ2) is 5.05. The predicted octanol–water partition coefficient (Wildman–Crippen LogP) is 1.12. The molecule has 0 saturated heterocycles. The van der Waals surface area contributed by atoms with Crippen molar-refractivity contribution in [2.75, 3.05) is 7.11 Å². The van der Waals surface area contributed by atoms with Gasteiger partial charge in [0.05, 0.1) is 19.2 Å². The fourth-order valence-corrected chi connectivity index (χ4v) is 1.67. The summed E-state index contributed by atoms with van der Waals surface area (Å²) in [4.78, 5) is 23.0. The second-order valence-electron chi connectivity index (χ2n) is 3.87. The number of esters is 1. The summed E-state index contributed by atoms with van der Waals surface area (Å²) >= 11 is 0. The van der Waals surface area contributed by atoms with E-state index >= 15 is 0 Å². The van der Waals surface area contributed by atoms with Gasteiger partial charge in [0.25, 0.3) is 0 Å². The molecule has 100 valence electrons. The van der Waals surface area contributed by atoms with Crippen LogP contribution < -0.4 is 5.76 Å². The van der Waals surface area contributed by atoms with Crippen molar-refractivity contribution in [1.29, 1.82) is 0 Å². The van der Waals surface area contributed by atoms with Gasteiger partial charge < -0.3 is 4.74 Å². The number of nitrogens with zero attached hydrogens (tertiary/aromatic N) is 2. The molecule has 2 aromatic rings. The molecule has 1 aromatic carbocycles. The van der Waals surface area contributed by atoms with Gasteiger partial charge in [-0.3, -0.25) is 9.09 Å². The van der Waals surface area contributed by atoms with Crippen molar-refractivity contribution in [3.63, 3.8) is 0 Å². The molecule has 2 rings (SSSR count). The Hall–Kier alpha value is -2.44. The lowest BCUT2D eigenvalue weighted by atomic mass is 10.1. The molecular weight excluding hydrogens is 255 g/mol. The third kappa shape index (κ3) is 2.54. The summed E-state index contributed by atoms with van der Waals surface area (Å²) in [6.07, 6.45) is 0. The zero-order chi connectivity index (χ0) is 14.0. The van der Waals surface area contributed by atoms with E-state index in [1.807, 2.05) is 0 Å². The van der Waals surface area contributed by atoms with Gasteiger partial charge >= 0.3 is 11.7 Å². The first-order valence-electron chi connectivity index (χ1n) is 5.42. The number of hydrogen-bond donors (Lipinski definition) is 0. The van der Waals surface area contributed by atoms with Gasteiger partial charge in [-0.2, -0.15) is 0 Å². The lowest BCUT2D eigenvalue weighted by Gasteiger charge is -2.08. The molecule has 0 spiro atoms. The van der Waals surface area contributed by atoms with Crippen LogP contribution in [-0.4, -0.2) is 22.8 Å². The Labute approximate surface area is 107 Å². The maximum Gasteiger partial charge on any atom is 0.441 e. The number of rotatable bonds is 3. The SMILES string of the molecule is COC(=O)c1cc(F)ccc1Cn1c(C)noc1=O. The molecular formula is C12H11FN2O4. The lowest BCUT2D eigenvalue weighted by Crippen LogP contribution is -2.18. The van der Waals surface area contributed by atoms with Gasteiger partial charge in [-0.05, 0) is 24.6 Å². The highest BCUT2D eigenvalue weighted by molar-refractivity contribution is 5.91. The maximum absolute atomic E-state index is 13.2. The predicted molar refractivity (Wildman–Crippen MR) is 62.3 cm³/mol. The molecule has 0 amide bonds. The molecule has 0 saturated carbocycles. The van der Waals surface area contributed by atoms with Crippen molar-refractivity contribution in [1.82, 2.24) is 9.72 Å². The second-order valence-corrected chi connectivity index (χ2v) is 3.87. The molecule has 0 aliphatic rings. The standard InChI is InChI=1S/C12H11FN2O4/c1-7-14-19-12(17)15(7)6-8-3-4-9(13)5-10(8)11(16)18-2/h3-5H,6H2,1-2H3. The monoisotopic (exact) mass is 266 g/mol. The topological polar surface area (TPSA) is 74.3 Å². The minimum absolute atomic E-state index is 0.0544. The number of carbonyl (C=O) groups is 1. The van der Waals surface area contributed by atoms with E-state index in [4.69, 9.17) is 0 Å². The maximum atomic E-state index is 13.2. The molecule has 0 atom stereocenters. The first kappa shape index (κ1) is 13.0. The summed E-state index contributed by atoms with van der Waals surface area (Å²) in [6.45, 7) is 1.64. The minimum atomic E-state index is -0.670. The molecule has 7 heteroatoms. The Morgan fingerprint density at radius 3 is 2.84 bits per heavy atom. The summed E-state index contributed by atoms with van der Waals surface area (Å²) in [5, 5.41) is 3.51. The normalized spacial score (nSPS) is 10.5. The van der Waals surface area contributed by atoms with E-state index in [1.54, 1.807) is 6.92 Å². The summed E-state index contributed by atoms with van der Waals surface area (Å²) in [7, 11) is 1.20. The molecule has 0 aliphatic carbocycles. The fraction of sp³-hybridized carbons (Fsp3) is 0.250. The average Bonchev–Trinajstić information content (AvgIpc) is 2.71. The zero-order valence-electron chi connectivity index (χ0n) is 10.3. The smallest absolute Gasteiger partial charge is 0.441 e. The Morgan fingerprint density at radius 2 is 2.26 bits per heavy atom. The Morgan fingerprint density at radius 1 is 1.53 bits per heavy atom. The minimum Gasteiger partial charge on any atom is -0.465 e. The van der Waals surface area contributed by atoms with E-state index in [-0.39, 0.29) is 12.1 Å². The van der Waals surface area contributed by atoms with E-state index in [0.29, 0.717) is 11.4 Å². The van der Waals surface area contributed by atoms with Crippen LogP contribution >= 0.6 is 0 Å². The van der Waals surface area contributed by atoms with Crippen LogP contribution in [0.25, 0.3) is 0 Å². The van der Waals surface area contributed by atoms with Crippen LogP contribution in [-0.2, 0) is 11.3 Å². The molecule has 0 fully saturated rings. The summed E-state index contributed by atoms with van der Waals surface area (Å²) in [5.41, 5.74) is 0.511.